The van der Waals surface area contributed by atoms with Gasteiger partial charge in [-0.3, -0.25) is 5.84 Å². The third-order valence-electron chi connectivity index (χ3n) is 1.94. The van der Waals surface area contributed by atoms with Gasteiger partial charge in [-0.25, -0.2) is 5.43 Å². The van der Waals surface area contributed by atoms with E-state index in [4.69, 9.17) is 22.2 Å². The molecule has 0 saturated carbocycles. The lowest BCUT2D eigenvalue weighted by Gasteiger charge is -2.15. The van der Waals surface area contributed by atoms with Gasteiger partial charge in [-0.2, -0.15) is 0 Å². The summed E-state index contributed by atoms with van der Waals surface area (Å²) >= 11 is 5.87. The first-order valence-corrected chi connectivity index (χ1v) is 4.52. The second kappa shape index (κ2) is 5.00. The second-order valence-electron chi connectivity index (χ2n) is 2.77. The molecule has 0 amide bonds. The third kappa shape index (κ3) is 2.26. The van der Waals surface area contributed by atoms with Gasteiger partial charge in [0.05, 0.1) is 13.2 Å². The highest BCUT2D eigenvalue weighted by molar-refractivity contribution is 6.30. The minimum absolute atomic E-state index is 0.163. The summed E-state index contributed by atoms with van der Waals surface area (Å²) in [5.74, 6) is 6.10. The molecule has 0 aliphatic rings. The van der Waals surface area contributed by atoms with Crippen LogP contribution in [0.3, 0.4) is 0 Å². The molecule has 1 aromatic rings. The first-order valence-electron chi connectivity index (χ1n) is 4.15. The molecular weight excluding hydrogens is 200 g/mol. The highest BCUT2D eigenvalue weighted by atomic mass is 35.5. The van der Waals surface area contributed by atoms with Gasteiger partial charge in [-0.05, 0) is 18.2 Å². The SMILES string of the molecule is C=CC(NN)c1cc(Cl)ccc1OC. The van der Waals surface area contributed by atoms with Crippen molar-refractivity contribution in [1.82, 2.24) is 5.43 Å². The van der Waals surface area contributed by atoms with Crippen molar-refractivity contribution >= 4 is 11.6 Å². The molecule has 14 heavy (non-hydrogen) atoms. The highest BCUT2D eigenvalue weighted by Crippen LogP contribution is 2.28. The summed E-state index contributed by atoms with van der Waals surface area (Å²) in [5, 5.41) is 0.642. The average Bonchev–Trinajstić information content (AvgIpc) is 2.20. The molecule has 3 nitrogen and oxygen atoms in total. The maximum Gasteiger partial charge on any atom is 0.124 e. The maximum atomic E-state index is 5.87. The largest absolute Gasteiger partial charge is 0.496 e. The van der Waals surface area contributed by atoms with E-state index in [0.29, 0.717) is 5.02 Å². The predicted octanol–water partition coefficient (Wildman–Crippen LogP) is 2.04. The van der Waals surface area contributed by atoms with Crippen LogP contribution in [0.4, 0.5) is 0 Å². The zero-order valence-electron chi connectivity index (χ0n) is 7.96. The summed E-state index contributed by atoms with van der Waals surface area (Å²) in [7, 11) is 1.60. The van der Waals surface area contributed by atoms with Gasteiger partial charge in [-0.15, -0.1) is 6.58 Å². The van der Waals surface area contributed by atoms with E-state index < -0.39 is 0 Å². The van der Waals surface area contributed by atoms with E-state index in [2.05, 4.69) is 12.0 Å². The average molecular weight is 213 g/mol. The van der Waals surface area contributed by atoms with E-state index in [0.717, 1.165) is 11.3 Å². The Bertz CT molecular complexity index is 328. The zero-order valence-corrected chi connectivity index (χ0v) is 8.71. The molecule has 0 aromatic heterocycles. The van der Waals surface area contributed by atoms with E-state index in [1.54, 1.807) is 31.4 Å². The first-order chi connectivity index (χ1) is 6.72. The van der Waals surface area contributed by atoms with Gasteiger partial charge < -0.3 is 4.74 Å². The van der Waals surface area contributed by atoms with Crippen LogP contribution in [0.25, 0.3) is 0 Å². The number of hydrogen-bond donors (Lipinski definition) is 2. The van der Waals surface area contributed by atoms with Crippen LogP contribution < -0.4 is 16.0 Å². The quantitative estimate of drug-likeness (QED) is 0.456. The van der Waals surface area contributed by atoms with Crippen LogP contribution in [0.1, 0.15) is 11.6 Å². The Kier molecular flexibility index (Phi) is 3.95. The fourth-order valence-electron chi connectivity index (χ4n) is 1.23. The van der Waals surface area contributed by atoms with Gasteiger partial charge in [-0.1, -0.05) is 17.7 Å². The predicted molar refractivity (Wildman–Crippen MR) is 58.3 cm³/mol. The van der Waals surface area contributed by atoms with Gasteiger partial charge in [0, 0.05) is 10.6 Å². The molecule has 0 heterocycles. The molecule has 1 atom stereocenters. The number of nitrogens with one attached hydrogen (secondary N) is 1. The van der Waals surface area contributed by atoms with Crippen molar-refractivity contribution in [2.45, 2.75) is 6.04 Å². The number of rotatable bonds is 4. The van der Waals surface area contributed by atoms with E-state index >= 15 is 0 Å². The van der Waals surface area contributed by atoms with Crippen molar-refractivity contribution in [3.05, 3.63) is 41.4 Å². The summed E-state index contributed by atoms with van der Waals surface area (Å²) in [6, 6.07) is 5.20. The Balaban J connectivity index is 3.14. The number of halogens is 1. The number of ether oxygens (including phenoxy) is 1. The Morgan fingerprint density at radius 3 is 2.86 bits per heavy atom. The lowest BCUT2D eigenvalue weighted by molar-refractivity contribution is 0.405. The minimum Gasteiger partial charge on any atom is -0.496 e. The molecule has 1 rings (SSSR count). The first kappa shape index (κ1) is 11.0. The molecule has 0 aliphatic heterocycles. The van der Waals surface area contributed by atoms with Crippen LogP contribution >= 0.6 is 11.6 Å². The van der Waals surface area contributed by atoms with Crippen molar-refractivity contribution in [2.24, 2.45) is 5.84 Å². The molecule has 0 fully saturated rings. The summed E-state index contributed by atoms with van der Waals surface area (Å²) in [6.07, 6.45) is 1.69. The number of benzene rings is 1. The van der Waals surface area contributed by atoms with Crippen LogP contribution in [-0.4, -0.2) is 7.11 Å². The standard InChI is InChI=1S/C10H13ClN2O/c1-3-9(13-12)8-6-7(11)4-5-10(8)14-2/h3-6,9,13H,1,12H2,2H3. The maximum absolute atomic E-state index is 5.87. The van der Waals surface area contributed by atoms with Crippen LogP contribution in [0, 0.1) is 0 Å². The van der Waals surface area contributed by atoms with Gasteiger partial charge in [0.1, 0.15) is 5.75 Å². The molecule has 0 aliphatic carbocycles. The van der Waals surface area contributed by atoms with Crippen molar-refractivity contribution in [3.8, 4) is 5.75 Å². The third-order valence-corrected chi connectivity index (χ3v) is 2.18. The van der Waals surface area contributed by atoms with Crippen molar-refractivity contribution in [1.29, 1.82) is 0 Å². The van der Waals surface area contributed by atoms with Gasteiger partial charge in [0.2, 0.25) is 0 Å². The lowest BCUT2D eigenvalue weighted by Crippen LogP contribution is -2.26. The Hall–Kier alpha value is -1.03. The molecule has 0 bridgehead atoms. The van der Waals surface area contributed by atoms with Crippen molar-refractivity contribution in [2.75, 3.05) is 7.11 Å². The molecule has 0 spiro atoms. The highest BCUT2D eigenvalue weighted by Gasteiger charge is 2.11. The molecule has 76 valence electrons. The second-order valence-corrected chi connectivity index (χ2v) is 3.20. The summed E-state index contributed by atoms with van der Waals surface area (Å²) in [5.41, 5.74) is 3.49. The minimum atomic E-state index is -0.163. The Morgan fingerprint density at radius 1 is 1.64 bits per heavy atom. The number of hydrogen-bond acceptors (Lipinski definition) is 3. The summed E-state index contributed by atoms with van der Waals surface area (Å²) in [6.45, 7) is 3.67. The van der Waals surface area contributed by atoms with E-state index in [9.17, 15) is 0 Å². The van der Waals surface area contributed by atoms with Gasteiger partial charge in [0.25, 0.3) is 0 Å². The Morgan fingerprint density at radius 2 is 2.36 bits per heavy atom. The van der Waals surface area contributed by atoms with Crippen LogP contribution in [-0.2, 0) is 0 Å². The number of methoxy groups -OCH3 is 1. The van der Waals surface area contributed by atoms with Crippen LogP contribution in [0.5, 0.6) is 5.75 Å². The van der Waals surface area contributed by atoms with Crippen molar-refractivity contribution < 1.29 is 4.74 Å². The fourth-order valence-corrected chi connectivity index (χ4v) is 1.41. The molecular formula is C10H13ClN2O. The smallest absolute Gasteiger partial charge is 0.124 e. The zero-order chi connectivity index (χ0) is 10.6. The lowest BCUT2D eigenvalue weighted by atomic mass is 10.1. The summed E-state index contributed by atoms with van der Waals surface area (Å²) in [4.78, 5) is 0. The normalized spacial score (nSPS) is 12.2. The summed E-state index contributed by atoms with van der Waals surface area (Å²) < 4.78 is 5.18. The van der Waals surface area contributed by atoms with E-state index in [1.165, 1.54) is 0 Å². The topological polar surface area (TPSA) is 47.3 Å². The van der Waals surface area contributed by atoms with Gasteiger partial charge >= 0.3 is 0 Å². The van der Waals surface area contributed by atoms with Crippen LogP contribution in [0.2, 0.25) is 5.02 Å². The monoisotopic (exact) mass is 212 g/mol. The molecule has 0 radical (unpaired) electrons. The number of nitrogens with two attached hydrogens (primary N) is 1. The molecule has 3 N–H and O–H groups in total. The van der Waals surface area contributed by atoms with E-state index in [1.807, 2.05) is 0 Å². The molecule has 4 heteroatoms. The number of hydrazine groups is 1. The van der Waals surface area contributed by atoms with Gasteiger partial charge in [0.15, 0.2) is 0 Å². The van der Waals surface area contributed by atoms with Crippen molar-refractivity contribution in [3.63, 3.8) is 0 Å². The molecule has 1 aromatic carbocycles. The molecule has 0 saturated heterocycles. The van der Waals surface area contributed by atoms with E-state index in [-0.39, 0.29) is 6.04 Å². The molecule has 1 unspecified atom stereocenters. The van der Waals surface area contributed by atoms with Crippen LogP contribution in [0.15, 0.2) is 30.9 Å². The fraction of sp³-hybridized carbons (Fsp3) is 0.200. The Labute approximate surface area is 88.5 Å².